The highest BCUT2D eigenvalue weighted by molar-refractivity contribution is 5.82. The van der Waals surface area contributed by atoms with E-state index in [1.807, 2.05) is 42.5 Å². The van der Waals surface area contributed by atoms with Crippen LogP contribution >= 0.6 is 0 Å². The number of fused-ring (bicyclic) bond motifs is 1. The van der Waals surface area contributed by atoms with Crippen LogP contribution in [0.4, 0.5) is 5.69 Å². The van der Waals surface area contributed by atoms with Crippen LogP contribution in [0.15, 0.2) is 52.9 Å². The summed E-state index contributed by atoms with van der Waals surface area (Å²) in [6.07, 6.45) is 2.01. The van der Waals surface area contributed by atoms with E-state index in [0.717, 1.165) is 22.4 Å². The minimum atomic E-state index is 0.417. The van der Waals surface area contributed by atoms with Crippen LogP contribution in [0.1, 0.15) is 11.5 Å². The van der Waals surface area contributed by atoms with Gasteiger partial charge in [-0.25, -0.2) is 0 Å². The van der Waals surface area contributed by atoms with Crippen molar-refractivity contribution in [3.05, 3.63) is 60.0 Å². The number of nitrogens with zero attached hydrogens (tertiary/aromatic N) is 2. The van der Waals surface area contributed by atoms with Crippen LogP contribution in [0.3, 0.4) is 0 Å². The average Bonchev–Trinajstić information content (AvgIpc) is 3.05. The number of ether oxygens (including phenoxy) is 1. The van der Waals surface area contributed by atoms with Gasteiger partial charge in [-0.15, -0.1) is 10.2 Å². The van der Waals surface area contributed by atoms with Crippen molar-refractivity contribution in [2.45, 2.75) is 0 Å². The van der Waals surface area contributed by atoms with Gasteiger partial charge in [0.15, 0.2) is 0 Å². The van der Waals surface area contributed by atoms with Gasteiger partial charge in [-0.05, 0) is 36.4 Å². The van der Waals surface area contributed by atoms with E-state index in [9.17, 15) is 0 Å². The number of para-hydroxylation sites is 1. The Labute approximate surface area is 127 Å². The fraction of sp³-hybridized carbons (Fsp3) is 0.0588. The molecule has 0 amide bonds. The van der Waals surface area contributed by atoms with Gasteiger partial charge in [0.05, 0.1) is 5.57 Å². The molecule has 2 heterocycles. The summed E-state index contributed by atoms with van der Waals surface area (Å²) in [6.45, 7) is 0.417. The Morgan fingerprint density at radius 3 is 2.55 bits per heavy atom. The molecule has 2 aromatic carbocycles. The minimum Gasteiger partial charge on any atom is -0.488 e. The number of nitrogen functional groups attached to an aromatic ring is 1. The fourth-order valence-corrected chi connectivity index (χ4v) is 2.33. The molecular formula is C17H13N3O2. The molecule has 0 bridgehead atoms. The average molecular weight is 291 g/mol. The topological polar surface area (TPSA) is 74.2 Å². The molecule has 108 valence electrons. The quantitative estimate of drug-likeness (QED) is 0.734. The summed E-state index contributed by atoms with van der Waals surface area (Å²) in [6, 6.07) is 15.2. The Balaban J connectivity index is 1.68. The number of anilines is 1. The smallest absolute Gasteiger partial charge is 0.248 e. The largest absolute Gasteiger partial charge is 0.488 e. The van der Waals surface area contributed by atoms with Gasteiger partial charge < -0.3 is 14.9 Å². The monoisotopic (exact) mass is 291 g/mol. The molecule has 0 unspecified atom stereocenters. The molecule has 3 aromatic rings. The van der Waals surface area contributed by atoms with Crippen LogP contribution in [0.25, 0.3) is 23.1 Å². The molecule has 0 radical (unpaired) electrons. The van der Waals surface area contributed by atoms with Crippen LogP contribution in [-0.4, -0.2) is 16.8 Å². The van der Waals surface area contributed by atoms with Gasteiger partial charge >= 0.3 is 0 Å². The summed E-state index contributed by atoms with van der Waals surface area (Å²) in [5.74, 6) is 1.81. The van der Waals surface area contributed by atoms with Crippen molar-refractivity contribution in [1.82, 2.24) is 10.2 Å². The highest BCUT2D eigenvalue weighted by atomic mass is 16.5. The second-order valence-corrected chi connectivity index (χ2v) is 5.03. The van der Waals surface area contributed by atoms with Gasteiger partial charge in [0.25, 0.3) is 0 Å². The maximum absolute atomic E-state index is 5.75. The molecule has 5 nitrogen and oxygen atoms in total. The first-order valence-corrected chi connectivity index (χ1v) is 6.92. The lowest BCUT2D eigenvalue weighted by molar-refractivity contribution is 0.361. The Bertz CT molecular complexity index is 850. The summed E-state index contributed by atoms with van der Waals surface area (Å²) in [4.78, 5) is 0. The molecule has 4 rings (SSSR count). The number of hydrogen-bond donors (Lipinski definition) is 1. The van der Waals surface area contributed by atoms with E-state index in [-0.39, 0.29) is 0 Å². The van der Waals surface area contributed by atoms with E-state index in [1.54, 1.807) is 12.1 Å². The van der Waals surface area contributed by atoms with Gasteiger partial charge in [0, 0.05) is 16.8 Å². The van der Waals surface area contributed by atoms with Gasteiger partial charge in [-0.2, -0.15) is 0 Å². The molecule has 1 aliphatic rings. The van der Waals surface area contributed by atoms with E-state index >= 15 is 0 Å². The number of rotatable bonds is 2. The second kappa shape index (κ2) is 5.04. The van der Waals surface area contributed by atoms with Crippen LogP contribution in [-0.2, 0) is 0 Å². The number of nitrogens with two attached hydrogens (primary N) is 1. The lowest BCUT2D eigenvalue weighted by Crippen LogP contribution is -2.06. The third-order valence-electron chi connectivity index (χ3n) is 3.49. The first kappa shape index (κ1) is 12.6. The Morgan fingerprint density at radius 1 is 0.909 bits per heavy atom. The maximum Gasteiger partial charge on any atom is 0.248 e. The molecule has 1 aliphatic heterocycles. The summed E-state index contributed by atoms with van der Waals surface area (Å²) in [5, 5.41) is 8.21. The third-order valence-corrected chi connectivity index (χ3v) is 3.49. The van der Waals surface area contributed by atoms with E-state index < -0.39 is 0 Å². The molecule has 0 spiro atoms. The van der Waals surface area contributed by atoms with Gasteiger partial charge in [0.1, 0.15) is 12.4 Å². The van der Waals surface area contributed by atoms with Gasteiger partial charge in [0.2, 0.25) is 11.8 Å². The Morgan fingerprint density at radius 2 is 1.68 bits per heavy atom. The van der Waals surface area contributed by atoms with Crippen molar-refractivity contribution < 1.29 is 9.15 Å². The van der Waals surface area contributed by atoms with E-state index in [4.69, 9.17) is 14.9 Å². The van der Waals surface area contributed by atoms with Crippen LogP contribution in [0.2, 0.25) is 0 Å². The minimum absolute atomic E-state index is 0.417. The van der Waals surface area contributed by atoms with Crippen molar-refractivity contribution in [3.63, 3.8) is 0 Å². The summed E-state index contributed by atoms with van der Waals surface area (Å²) in [7, 11) is 0. The number of benzene rings is 2. The van der Waals surface area contributed by atoms with E-state index in [1.165, 1.54) is 0 Å². The SMILES string of the molecule is Nc1ccc(-c2nnc(C3=Cc4ccccc4OC3)o2)cc1. The molecule has 0 atom stereocenters. The van der Waals surface area contributed by atoms with Crippen molar-refractivity contribution in [3.8, 4) is 17.2 Å². The molecule has 22 heavy (non-hydrogen) atoms. The zero-order chi connectivity index (χ0) is 14.9. The van der Waals surface area contributed by atoms with Crippen LogP contribution in [0.5, 0.6) is 5.75 Å². The number of hydrogen-bond acceptors (Lipinski definition) is 5. The zero-order valence-corrected chi connectivity index (χ0v) is 11.7. The maximum atomic E-state index is 5.75. The van der Waals surface area contributed by atoms with Crippen molar-refractivity contribution in [2.75, 3.05) is 12.3 Å². The van der Waals surface area contributed by atoms with Crippen LogP contribution in [0, 0.1) is 0 Å². The normalized spacial score (nSPS) is 13.2. The Kier molecular flexibility index (Phi) is 2.89. The van der Waals surface area contributed by atoms with Crippen molar-refractivity contribution >= 4 is 17.3 Å². The second-order valence-electron chi connectivity index (χ2n) is 5.03. The molecule has 1 aromatic heterocycles. The molecule has 0 fully saturated rings. The zero-order valence-electron chi connectivity index (χ0n) is 11.7. The predicted molar refractivity (Wildman–Crippen MR) is 84.0 cm³/mol. The number of aromatic nitrogens is 2. The van der Waals surface area contributed by atoms with Gasteiger partial charge in [-0.1, -0.05) is 18.2 Å². The van der Waals surface area contributed by atoms with E-state index in [2.05, 4.69) is 10.2 Å². The first-order valence-electron chi connectivity index (χ1n) is 6.92. The fourth-order valence-electron chi connectivity index (χ4n) is 2.33. The van der Waals surface area contributed by atoms with E-state index in [0.29, 0.717) is 24.1 Å². The lowest BCUT2D eigenvalue weighted by atomic mass is 10.1. The summed E-state index contributed by atoms with van der Waals surface area (Å²) < 4.78 is 11.5. The molecule has 0 aliphatic carbocycles. The van der Waals surface area contributed by atoms with Crippen LogP contribution < -0.4 is 10.5 Å². The molecule has 5 heteroatoms. The lowest BCUT2D eigenvalue weighted by Gasteiger charge is -2.15. The molecule has 2 N–H and O–H groups in total. The molecule has 0 saturated carbocycles. The predicted octanol–water partition coefficient (Wildman–Crippen LogP) is 3.25. The highest BCUT2D eigenvalue weighted by Gasteiger charge is 2.18. The standard InChI is InChI=1S/C17H13N3O2/c18-14-7-5-11(6-8-14)16-19-20-17(22-16)13-9-12-3-1-2-4-15(12)21-10-13/h1-9H,10,18H2. The van der Waals surface area contributed by atoms with Crippen molar-refractivity contribution in [2.24, 2.45) is 0 Å². The van der Waals surface area contributed by atoms with Crippen molar-refractivity contribution in [1.29, 1.82) is 0 Å². The molecule has 0 saturated heterocycles. The third kappa shape index (κ3) is 2.22. The highest BCUT2D eigenvalue weighted by Crippen LogP contribution is 2.30. The Hall–Kier alpha value is -3.08. The first-order chi connectivity index (χ1) is 10.8. The summed E-state index contributed by atoms with van der Waals surface area (Å²) in [5.41, 5.74) is 9.09. The summed E-state index contributed by atoms with van der Waals surface area (Å²) >= 11 is 0. The van der Waals surface area contributed by atoms with Gasteiger partial charge in [-0.3, -0.25) is 0 Å². The molecular weight excluding hydrogens is 278 g/mol.